The molecule has 0 aliphatic carbocycles. The second-order valence-corrected chi connectivity index (χ2v) is 2.47. The van der Waals surface area contributed by atoms with Crippen LogP contribution in [-0.2, 0) is 6.61 Å². The van der Waals surface area contributed by atoms with Crippen LogP contribution in [0.1, 0.15) is 5.56 Å². The number of benzene rings is 1. The Morgan fingerprint density at radius 2 is 1.92 bits per heavy atom. The Morgan fingerprint density at radius 3 is 2.58 bits per heavy atom. The Morgan fingerprint density at radius 1 is 1.17 bits per heavy atom. The molecule has 0 fully saturated rings. The normalized spacial score (nSPS) is 9.83. The zero-order chi connectivity index (χ0) is 8.81. The third-order valence-corrected chi connectivity index (χ3v) is 1.61. The van der Waals surface area contributed by atoms with Gasteiger partial charge in [-0.25, -0.2) is 0 Å². The van der Waals surface area contributed by atoms with Crippen molar-refractivity contribution in [3.63, 3.8) is 0 Å². The largest absolute Gasteiger partial charge is 0.395 e. The van der Waals surface area contributed by atoms with Crippen LogP contribution in [0.25, 0.3) is 0 Å². The molecule has 0 amide bonds. The molecule has 0 spiro atoms. The molecule has 1 aromatic carbocycles. The fourth-order valence-corrected chi connectivity index (χ4v) is 1.02. The highest BCUT2D eigenvalue weighted by atomic mass is 16.3. The topological polar surface area (TPSA) is 52.5 Å². The van der Waals surface area contributed by atoms with Crippen molar-refractivity contribution in [2.45, 2.75) is 6.61 Å². The lowest BCUT2D eigenvalue weighted by Crippen LogP contribution is -2.07. The van der Waals surface area contributed by atoms with Gasteiger partial charge in [-0.2, -0.15) is 0 Å². The minimum absolute atomic E-state index is 0.0224. The fraction of sp³-hybridized carbons (Fsp3) is 0.333. The van der Waals surface area contributed by atoms with Crippen LogP contribution in [0.15, 0.2) is 24.3 Å². The van der Waals surface area contributed by atoms with Crippen molar-refractivity contribution < 1.29 is 10.2 Å². The summed E-state index contributed by atoms with van der Waals surface area (Å²) < 4.78 is 0. The van der Waals surface area contributed by atoms with Crippen molar-refractivity contribution >= 4 is 5.69 Å². The Bertz CT molecular complexity index is 238. The van der Waals surface area contributed by atoms with E-state index in [2.05, 4.69) is 5.32 Å². The molecular formula is C9H13NO2. The molecule has 3 heteroatoms. The summed E-state index contributed by atoms with van der Waals surface area (Å²) in [6.45, 7) is 0.630. The molecule has 0 saturated carbocycles. The van der Waals surface area contributed by atoms with Crippen molar-refractivity contribution in [3.05, 3.63) is 29.8 Å². The maximum atomic E-state index is 8.92. The van der Waals surface area contributed by atoms with E-state index in [1.165, 1.54) is 0 Å². The second-order valence-electron chi connectivity index (χ2n) is 2.47. The lowest BCUT2D eigenvalue weighted by Gasteiger charge is -2.08. The number of hydrogen-bond acceptors (Lipinski definition) is 3. The number of para-hydroxylation sites is 1. The van der Waals surface area contributed by atoms with E-state index in [4.69, 9.17) is 10.2 Å². The molecule has 3 nitrogen and oxygen atoms in total. The van der Waals surface area contributed by atoms with E-state index in [-0.39, 0.29) is 13.2 Å². The number of anilines is 1. The van der Waals surface area contributed by atoms with Gasteiger partial charge >= 0.3 is 0 Å². The first-order valence-electron chi connectivity index (χ1n) is 3.92. The summed E-state index contributed by atoms with van der Waals surface area (Å²) in [5, 5.41) is 20.5. The number of aliphatic hydroxyl groups is 2. The predicted molar refractivity (Wildman–Crippen MR) is 47.9 cm³/mol. The van der Waals surface area contributed by atoms with Crippen LogP contribution in [0.4, 0.5) is 5.69 Å². The highest BCUT2D eigenvalue weighted by molar-refractivity contribution is 5.50. The van der Waals surface area contributed by atoms with Crippen LogP contribution in [0.2, 0.25) is 0 Å². The molecule has 1 aromatic rings. The molecule has 0 radical (unpaired) electrons. The molecule has 0 heterocycles. The van der Waals surface area contributed by atoms with Gasteiger partial charge in [-0.15, -0.1) is 0 Å². The molecule has 0 aliphatic heterocycles. The summed E-state index contributed by atoms with van der Waals surface area (Å²) in [6.07, 6.45) is 0. The lowest BCUT2D eigenvalue weighted by molar-refractivity contribution is 0.282. The van der Waals surface area contributed by atoms with Crippen LogP contribution in [0.5, 0.6) is 0 Å². The molecule has 0 bridgehead atoms. The van der Waals surface area contributed by atoms with E-state index in [9.17, 15) is 0 Å². The highest BCUT2D eigenvalue weighted by Gasteiger charge is 1.97. The minimum Gasteiger partial charge on any atom is -0.395 e. The zero-order valence-electron chi connectivity index (χ0n) is 6.83. The van der Waals surface area contributed by atoms with Crippen LogP contribution < -0.4 is 5.32 Å². The molecule has 0 aliphatic rings. The summed E-state index contributed by atoms with van der Waals surface area (Å²) >= 11 is 0. The van der Waals surface area contributed by atoms with Crippen molar-refractivity contribution in [1.29, 1.82) is 0 Å². The average Bonchev–Trinajstić information content (AvgIpc) is 2.15. The number of aliphatic hydroxyl groups excluding tert-OH is 2. The quantitative estimate of drug-likeness (QED) is 0.615. The lowest BCUT2D eigenvalue weighted by atomic mass is 10.2. The van der Waals surface area contributed by atoms with Gasteiger partial charge in [0.1, 0.15) is 0 Å². The average molecular weight is 167 g/mol. The van der Waals surface area contributed by atoms with Crippen molar-refractivity contribution in [3.8, 4) is 0 Å². The molecule has 1 rings (SSSR count). The van der Waals surface area contributed by atoms with E-state index in [1.807, 2.05) is 24.3 Å². The summed E-state index contributed by atoms with van der Waals surface area (Å²) in [5.74, 6) is 0. The summed E-state index contributed by atoms with van der Waals surface area (Å²) in [7, 11) is 0. The van der Waals surface area contributed by atoms with Gasteiger partial charge in [-0.1, -0.05) is 18.2 Å². The van der Waals surface area contributed by atoms with Crippen LogP contribution in [0.3, 0.4) is 0 Å². The van der Waals surface area contributed by atoms with Gasteiger partial charge in [0.2, 0.25) is 0 Å². The zero-order valence-corrected chi connectivity index (χ0v) is 6.83. The maximum Gasteiger partial charge on any atom is 0.0701 e. The minimum atomic E-state index is 0.0224. The van der Waals surface area contributed by atoms with Crippen LogP contribution in [0, 0.1) is 0 Å². The SMILES string of the molecule is OCCNc1ccccc1CO. The van der Waals surface area contributed by atoms with Crippen LogP contribution in [-0.4, -0.2) is 23.4 Å². The number of rotatable bonds is 4. The van der Waals surface area contributed by atoms with E-state index >= 15 is 0 Å². The Balaban J connectivity index is 2.68. The Kier molecular flexibility index (Phi) is 3.57. The standard InChI is InChI=1S/C9H13NO2/c11-6-5-10-9-4-2-1-3-8(9)7-12/h1-4,10-12H,5-7H2. The van der Waals surface area contributed by atoms with E-state index in [1.54, 1.807) is 0 Å². The third-order valence-electron chi connectivity index (χ3n) is 1.61. The van der Waals surface area contributed by atoms with Gasteiger partial charge in [-0.3, -0.25) is 0 Å². The first-order chi connectivity index (χ1) is 5.88. The molecule has 0 atom stereocenters. The number of hydrogen-bond donors (Lipinski definition) is 3. The maximum absolute atomic E-state index is 8.92. The van der Waals surface area contributed by atoms with Gasteiger partial charge in [0.05, 0.1) is 13.2 Å². The molecule has 66 valence electrons. The highest BCUT2D eigenvalue weighted by Crippen LogP contribution is 2.13. The van der Waals surface area contributed by atoms with Crippen LogP contribution >= 0.6 is 0 Å². The Labute approximate surface area is 71.7 Å². The smallest absolute Gasteiger partial charge is 0.0701 e. The van der Waals surface area contributed by atoms with Crippen molar-refractivity contribution in [2.24, 2.45) is 0 Å². The first kappa shape index (κ1) is 9.03. The first-order valence-corrected chi connectivity index (χ1v) is 3.92. The second kappa shape index (κ2) is 4.74. The van der Waals surface area contributed by atoms with Gasteiger partial charge < -0.3 is 15.5 Å². The third kappa shape index (κ3) is 2.22. The van der Waals surface area contributed by atoms with E-state index < -0.39 is 0 Å². The van der Waals surface area contributed by atoms with Gasteiger partial charge in [0, 0.05) is 17.8 Å². The van der Waals surface area contributed by atoms with Gasteiger partial charge in [-0.05, 0) is 6.07 Å². The summed E-state index contributed by atoms with van der Waals surface area (Å²) in [6, 6.07) is 7.48. The van der Waals surface area contributed by atoms with Gasteiger partial charge in [0.15, 0.2) is 0 Å². The molecule has 3 N–H and O–H groups in total. The number of nitrogens with one attached hydrogen (secondary N) is 1. The van der Waals surface area contributed by atoms with Crippen molar-refractivity contribution in [2.75, 3.05) is 18.5 Å². The van der Waals surface area contributed by atoms with E-state index in [0.717, 1.165) is 11.3 Å². The Hall–Kier alpha value is -1.06. The predicted octanol–water partition coefficient (Wildman–Crippen LogP) is 0.583. The molecule has 0 unspecified atom stereocenters. The van der Waals surface area contributed by atoms with E-state index in [0.29, 0.717) is 6.54 Å². The molecule has 0 aromatic heterocycles. The fourth-order valence-electron chi connectivity index (χ4n) is 1.02. The molecular weight excluding hydrogens is 154 g/mol. The molecule has 12 heavy (non-hydrogen) atoms. The summed E-state index contributed by atoms with van der Waals surface area (Å²) in [5.41, 5.74) is 1.74. The van der Waals surface area contributed by atoms with Crippen molar-refractivity contribution in [1.82, 2.24) is 0 Å². The molecule has 0 saturated heterocycles. The van der Waals surface area contributed by atoms with Gasteiger partial charge in [0.25, 0.3) is 0 Å². The monoisotopic (exact) mass is 167 g/mol. The summed E-state index contributed by atoms with van der Waals surface area (Å²) in [4.78, 5) is 0.